The van der Waals surface area contributed by atoms with E-state index in [0.29, 0.717) is 37.4 Å². The van der Waals surface area contributed by atoms with E-state index in [4.69, 9.17) is 10.5 Å². The van der Waals surface area contributed by atoms with Gasteiger partial charge in [-0.2, -0.15) is 0 Å². The smallest absolute Gasteiger partial charge is 0.265 e. The minimum atomic E-state index is -2.60. The fraction of sp³-hybridized carbons (Fsp3) is 0.538. The number of rotatable bonds is 4. The van der Waals surface area contributed by atoms with Crippen LogP contribution in [0.15, 0.2) is 18.2 Å². The van der Waals surface area contributed by atoms with Crippen LogP contribution in [-0.4, -0.2) is 30.5 Å². The summed E-state index contributed by atoms with van der Waals surface area (Å²) in [5, 5.41) is 13.2. The summed E-state index contributed by atoms with van der Waals surface area (Å²) in [6, 6.07) is 4.32. The third kappa shape index (κ3) is 3.54. The van der Waals surface area contributed by atoms with Crippen molar-refractivity contribution in [1.29, 1.82) is 0 Å². The van der Waals surface area contributed by atoms with Gasteiger partial charge in [-0.1, -0.05) is 0 Å². The highest BCUT2D eigenvalue weighted by atomic mass is 19.3. The van der Waals surface area contributed by atoms with Crippen molar-refractivity contribution >= 4 is 11.4 Å². The molecule has 0 aliphatic carbocycles. The van der Waals surface area contributed by atoms with E-state index in [0.717, 1.165) is 0 Å². The van der Waals surface area contributed by atoms with Gasteiger partial charge in [0.1, 0.15) is 0 Å². The Labute approximate surface area is 110 Å². The first-order chi connectivity index (χ1) is 9.00. The molecule has 1 heterocycles. The molecule has 4 N–H and O–H groups in total. The lowest BCUT2D eigenvalue weighted by Gasteiger charge is -2.32. The molecule has 1 saturated heterocycles. The summed E-state index contributed by atoms with van der Waals surface area (Å²) >= 11 is 0. The first-order valence-corrected chi connectivity index (χ1v) is 6.22. The lowest BCUT2D eigenvalue weighted by atomic mass is 9.94. The average Bonchev–Trinajstić information content (AvgIpc) is 2.38. The minimum Gasteiger partial charge on any atom is -0.399 e. The van der Waals surface area contributed by atoms with Gasteiger partial charge in [0.15, 0.2) is 0 Å². The molecule has 2 rings (SSSR count). The molecule has 0 spiro atoms. The van der Waals surface area contributed by atoms with Gasteiger partial charge < -0.3 is 20.9 Å². The van der Waals surface area contributed by atoms with Crippen molar-refractivity contribution in [1.82, 2.24) is 0 Å². The van der Waals surface area contributed by atoms with E-state index in [1.807, 2.05) is 0 Å². The molecule has 4 nitrogen and oxygen atoms in total. The number of nitrogen functional groups attached to an aromatic ring is 1. The molecule has 0 aromatic heterocycles. The zero-order valence-electron chi connectivity index (χ0n) is 10.5. The number of nitrogens with two attached hydrogens (primary N) is 1. The highest BCUT2D eigenvalue weighted by Crippen LogP contribution is 2.30. The first kappa shape index (κ1) is 14.0. The maximum absolute atomic E-state index is 12.9. The summed E-state index contributed by atoms with van der Waals surface area (Å²) < 4.78 is 31.0. The van der Waals surface area contributed by atoms with Gasteiger partial charge in [0.2, 0.25) is 0 Å². The van der Waals surface area contributed by atoms with Crippen LogP contribution in [0.2, 0.25) is 0 Å². The Balaban J connectivity index is 2.06. The summed E-state index contributed by atoms with van der Waals surface area (Å²) in [4.78, 5) is 0. The molecular formula is C13H18F2N2O2. The molecular weight excluding hydrogens is 254 g/mol. The fourth-order valence-electron chi connectivity index (χ4n) is 2.11. The number of benzene rings is 1. The molecule has 1 fully saturated rings. The zero-order chi connectivity index (χ0) is 13.9. The molecule has 1 aliphatic heterocycles. The highest BCUT2D eigenvalue weighted by Gasteiger charge is 2.29. The van der Waals surface area contributed by atoms with Crippen LogP contribution in [0.5, 0.6) is 0 Å². The molecule has 1 aliphatic rings. The van der Waals surface area contributed by atoms with Gasteiger partial charge in [-0.15, -0.1) is 0 Å². The van der Waals surface area contributed by atoms with Crippen LogP contribution in [0.4, 0.5) is 20.2 Å². The van der Waals surface area contributed by atoms with Gasteiger partial charge in [-0.25, -0.2) is 8.78 Å². The summed E-state index contributed by atoms with van der Waals surface area (Å²) in [7, 11) is 0. The highest BCUT2D eigenvalue weighted by molar-refractivity contribution is 5.58. The summed E-state index contributed by atoms with van der Waals surface area (Å²) in [5.74, 6) is 0. The van der Waals surface area contributed by atoms with E-state index >= 15 is 0 Å². The van der Waals surface area contributed by atoms with Crippen LogP contribution in [0.25, 0.3) is 0 Å². The Morgan fingerprint density at radius 3 is 2.68 bits per heavy atom. The minimum absolute atomic E-state index is 0.143. The molecule has 0 unspecified atom stereocenters. The Morgan fingerprint density at radius 2 is 2.05 bits per heavy atom. The quantitative estimate of drug-likeness (QED) is 0.735. The topological polar surface area (TPSA) is 67.5 Å². The van der Waals surface area contributed by atoms with Crippen LogP contribution in [-0.2, 0) is 4.74 Å². The molecule has 0 bridgehead atoms. The maximum atomic E-state index is 12.9. The van der Waals surface area contributed by atoms with Crippen molar-refractivity contribution in [3.8, 4) is 0 Å². The number of halogens is 2. The molecule has 106 valence electrons. The third-order valence-electron chi connectivity index (χ3n) is 3.34. The SMILES string of the molecule is Nc1ccc(NCC2(O)CCOCC2)c(C(F)F)c1. The lowest BCUT2D eigenvalue weighted by molar-refractivity contribution is -0.0543. The van der Waals surface area contributed by atoms with E-state index in [2.05, 4.69) is 5.32 Å². The zero-order valence-corrected chi connectivity index (χ0v) is 10.5. The number of anilines is 2. The van der Waals surface area contributed by atoms with Crippen molar-refractivity contribution in [2.45, 2.75) is 24.9 Å². The largest absolute Gasteiger partial charge is 0.399 e. The van der Waals surface area contributed by atoms with E-state index in [1.165, 1.54) is 12.1 Å². The molecule has 1 aromatic rings. The van der Waals surface area contributed by atoms with E-state index in [9.17, 15) is 13.9 Å². The van der Waals surface area contributed by atoms with Crippen molar-refractivity contribution < 1.29 is 18.6 Å². The predicted molar refractivity (Wildman–Crippen MR) is 69.3 cm³/mol. The number of ether oxygens (including phenoxy) is 1. The standard InChI is InChI=1S/C13H18F2N2O2/c14-12(15)10-7-9(16)1-2-11(10)17-8-13(18)3-5-19-6-4-13/h1-2,7,12,17-18H,3-6,8,16H2. The van der Waals surface area contributed by atoms with Gasteiger partial charge in [-0.05, 0) is 18.2 Å². The number of hydrogen-bond donors (Lipinski definition) is 3. The normalized spacial score (nSPS) is 18.5. The van der Waals surface area contributed by atoms with Crippen molar-refractivity contribution in [2.24, 2.45) is 0 Å². The molecule has 0 amide bonds. The summed E-state index contributed by atoms with van der Waals surface area (Å²) in [6.07, 6.45) is -1.60. The first-order valence-electron chi connectivity index (χ1n) is 6.22. The van der Waals surface area contributed by atoms with Gasteiger partial charge >= 0.3 is 0 Å². The number of nitrogens with one attached hydrogen (secondary N) is 1. The molecule has 0 saturated carbocycles. The van der Waals surface area contributed by atoms with Gasteiger partial charge in [0.25, 0.3) is 6.43 Å². The van der Waals surface area contributed by atoms with Crippen molar-refractivity contribution in [3.63, 3.8) is 0 Å². The second-order valence-corrected chi connectivity index (χ2v) is 4.84. The molecule has 0 atom stereocenters. The monoisotopic (exact) mass is 272 g/mol. The van der Waals surface area contributed by atoms with Crippen LogP contribution in [0.1, 0.15) is 24.8 Å². The lowest BCUT2D eigenvalue weighted by Crippen LogP contribution is -2.42. The Kier molecular flexibility index (Phi) is 4.21. The van der Waals surface area contributed by atoms with Gasteiger partial charge in [0.05, 0.1) is 5.60 Å². The Hall–Kier alpha value is -1.40. The number of aliphatic hydroxyl groups is 1. The summed E-state index contributed by atoms with van der Waals surface area (Å²) in [5.41, 5.74) is 5.06. The fourth-order valence-corrected chi connectivity index (χ4v) is 2.11. The van der Waals surface area contributed by atoms with Crippen LogP contribution >= 0.6 is 0 Å². The van der Waals surface area contributed by atoms with Crippen molar-refractivity contribution in [3.05, 3.63) is 23.8 Å². The molecule has 0 radical (unpaired) electrons. The van der Waals surface area contributed by atoms with Crippen molar-refractivity contribution in [2.75, 3.05) is 30.8 Å². The van der Waals surface area contributed by atoms with Gasteiger partial charge in [0, 0.05) is 49.5 Å². The van der Waals surface area contributed by atoms with Gasteiger partial charge in [-0.3, -0.25) is 0 Å². The second-order valence-electron chi connectivity index (χ2n) is 4.84. The Bertz CT molecular complexity index is 435. The predicted octanol–water partition coefficient (Wildman–Crippen LogP) is 2.16. The second kappa shape index (κ2) is 5.71. The molecule has 6 heteroatoms. The van der Waals surface area contributed by atoms with E-state index in [-0.39, 0.29) is 12.1 Å². The molecule has 1 aromatic carbocycles. The van der Waals surface area contributed by atoms with E-state index < -0.39 is 12.0 Å². The Morgan fingerprint density at radius 1 is 1.37 bits per heavy atom. The van der Waals surface area contributed by atoms with Crippen LogP contribution in [0.3, 0.4) is 0 Å². The third-order valence-corrected chi connectivity index (χ3v) is 3.34. The summed E-state index contributed by atoms with van der Waals surface area (Å²) in [6.45, 7) is 1.20. The number of alkyl halides is 2. The van der Waals surface area contributed by atoms with Crippen LogP contribution in [0, 0.1) is 0 Å². The molecule has 19 heavy (non-hydrogen) atoms. The van der Waals surface area contributed by atoms with Crippen LogP contribution < -0.4 is 11.1 Å². The maximum Gasteiger partial charge on any atom is 0.265 e. The average molecular weight is 272 g/mol. The van der Waals surface area contributed by atoms with E-state index in [1.54, 1.807) is 6.07 Å². The number of hydrogen-bond acceptors (Lipinski definition) is 4.